The van der Waals surface area contributed by atoms with Gasteiger partial charge in [0.1, 0.15) is 6.04 Å². The lowest BCUT2D eigenvalue weighted by molar-refractivity contribution is -0.145. The maximum Gasteiger partial charge on any atom is 0.338 e. The molecule has 1 aromatic rings. The number of ether oxygens (including phenoxy) is 2. The summed E-state index contributed by atoms with van der Waals surface area (Å²) in [6.07, 6.45) is 0.370. The fourth-order valence-corrected chi connectivity index (χ4v) is 3.74. The van der Waals surface area contributed by atoms with Crippen LogP contribution in [0.4, 0.5) is 0 Å². The van der Waals surface area contributed by atoms with Crippen molar-refractivity contribution in [2.75, 3.05) is 13.7 Å². The first-order chi connectivity index (χ1) is 13.5. The van der Waals surface area contributed by atoms with Gasteiger partial charge < -0.3 is 14.8 Å². The van der Waals surface area contributed by atoms with E-state index in [0.29, 0.717) is 6.42 Å². The Morgan fingerprint density at radius 3 is 2.31 bits per heavy atom. The number of methoxy groups -OCH3 is 1. The van der Waals surface area contributed by atoms with Gasteiger partial charge in [0.2, 0.25) is 10.0 Å². The van der Waals surface area contributed by atoms with E-state index >= 15 is 0 Å². The molecular formula is C19H28N2O7S. The van der Waals surface area contributed by atoms with Crippen LogP contribution in [0.1, 0.15) is 44.5 Å². The predicted octanol–water partition coefficient (Wildman–Crippen LogP) is 1.23. The molecule has 0 spiro atoms. The summed E-state index contributed by atoms with van der Waals surface area (Å²) < 4.78 is 36.4. The molecule has 162 valence electrons. The number of amides is 1. The Morgan fingerprint density at radius 1 is 1.10 bits per heavy atom. The van der Waals surface area contributed by atoms with Gasteiger partial charge in [-0.1, -0.05) is 19.9 Å². The van der Waals surface area contributed by atoms with Crippen LogP contribution in [0, 0.1) is 5.92 Å². The number of hydrogen-bond donors (Lipinski definition) is 2. The van der Waals surface area contributed by atoms with Crippen molar-refractivity contribution in [2.45, 2.75) is 51.1 Å². The number of esters is 2. The molecule has 10 heteroatoms. The molecule has 2 N–H and O–H groups in total. The molecule has 0 heterocycles. The Bertz CT molecular complexity index is 835. The number of carbonyl (C=O) groups excluding carboxylic acids is 3. The van der Waals surface area contributed by atoms with Crippen LogP contribution in [-0.2, 0) is 29.1 Å². The van der Waals surface area contributed by atoms with Crippen LogP contribution in [0.5, 0.6) is 0 Å². The van der Waals surface area contributed by atoms with E-state index in [9.17, 15) is 22.8 Å². The minimum Gasteiger partial charge on any atom is -0.467 e. The highest BCUT2D eigenvalue weighted by Gasteiger charge is 2.23. The highest BCUT2D eigenvalue weighted by molar-refractivity contribution is 7.89. The van der Waals surface area contributed by atoms with Crippen molar-refractivity contribution >= 4 is 27.9 Å². The topological polar surface area (TPSA) is 128 Å². The van der Waals surface area contributed by atoms with Gasteiger partial charge in [-0.15, -0.1) is 0 Å². The normalized spacial score (nSPS) is 12.5. The van der Waals surface area contributed by atoms with Crippen LogP contribution in [0.15, 0.2) is 29.2 Å². The van der Waals surface area contributed by atoms with Gasteiger partial charge in [-0.25, -0.2) is 22.7 Å². The zero-order valence-corrected chi connectivity index (χ0v) is 18.0. The number of carbonyl (C=O) groups is 3. The van der Waals surface area contributed by atoms with Crippen LogP contribution in [-0.4, -0.2) is 52.1 Å². The minimum absolute atomic E-state index is 0.0175. The summed E-state index contributed by atoms with van der Waals surface area (Å²) in [4.78, 5) is 35.9. The van der Waals surface area contributed by atoms with Crippen LogP contribution in [0.2, 0.25) is 0 Å². The third-order valence-electron chi connectivity index (χ3n) is 3.63. The summed E-state index contributed by atoms with van der Waals surface area (Å²) in [6, 6.07) is 4.14. The van der Waals surface area contributed by atoms with E-state index in [2.05, 4.69) is 14.8 Å². The maximum absolute atomic E-state index is 12.2. The van der Waals surface area contributed by atoms with E-state index < -0.39 is 40.5 Å². The summed E-state index contributed by atoms with van der Waals surface area (Å²) >= 11 is 0. The molecule has 0 radical (unpaired) electrons. The second-order valence-corrected chi connectivity index (χ2v) is 8.87. The van der Waals surface area contributed by atoms with Gasteiger partial charge >= 0.3 is 11.9 Å². The zero-order valence-electron chi connectivity index (χ0n) is 17.2. The molecule has 0 saturated heterocycles. The molecule has 1 aromatic carbocycles. The maximum atomic E-state index is 12.2. The molecule has 0 aliphatic heterocycles. The van der Waals surface area contributed by atoms with Crippen molar-refractivity contribution in [3.63, 3.8) is 0 Å². The van der Waals surface area contributed by atoms with E-state index in [0.717, 1.165) is 0 Å². The molecule has 1 atom stereocenters. The van der Waals surface area contributed by atoms with E-state index in [1.54, 1.807) is 13.8 Å². The summed E-state index contributed by atoms with van der Waals surface area (Å²) in [6.45, 7) is 6.50. The molecule has 1 unspecified atom stereocenters. The van der Waals surface area contributed by atoms with Crippen LogP contribution in [0.25, 0.3) is 0 Å². The van der Waals surface area contributed by atoms with Gasteiger partial charge in [0, 0.05) is 6.04 Å². The van der Waals surface area contributed by atoms with Gasteiger partial charge in [-0.2, -0.15) is 0 Å². The summed E-state index contributed by atoms with van der Waals surface area (Å²) in [5.41, 5.74) is -0.0175. The first-order valence-corrected chi connectivity index (χ1v) is 10.6. The van der Waals surface area contributed by atoms with Crippen molar-refractivity contribution in [3.05, 3.63) is 29.8 Å². The van der Waals surface area contributed by atoms with E-state index in [4.69, 9.17) is 4.74 Å². The lowest BCUT2D eigenvalue weighted by Crippen LogP contribution is -2.44. The first-order valence-electron chi connectivity index (χ1n) is 9.13. The number of hydrogen-bond acceptors (Lipinski definition) is 7. The molecule has 0 saturated carbocycles. The molecule has 1 amide bonds. The van der Waals surface area contributed by atoms with E-state index in [1.165, 1.54) is 31.4 Å². The van der Waals surface area contributed by atoms with Gasteiger partial charge in [0.05, 0.1) is 17.6 Å². The predicted molar refractivity (Wildman–Crippen MR) is 106 cm³/mol. The number of rotatable bonds is 10. The second kappa shape index (κ2) is 10.9. The van der Waals surface area contributed by atoms with E-state index in [-0.39, 0.29) is 22.4 Å². The highest BCUT2D eigenvalue weighted by Crippen LogP contribution is 2.13. The molecule has 0 aliphatic carbocycles. The zero-order chi connectivity index (χ0) is 22.2. The fraction of sp³-hybridized carbons (Fsp3) is 0.526. The van der Waals surface area contributed by atoms with Gasteiger partial charge in [0.25, 0.3) is 5.91 Å². The minimum atomic E-state index is -3.78. The van der Waals surface area contributed by atoms with Crippen molar-refractivity contribution in [3.8, 4) is 0 Å². The van der Waals surface area contributed by atoms with Crippen molar-refractivity contribution in [1.29, 1.82) is 0 Å². The molecule has 0 aliphatic rings. The van der Waals surface area contributed by atoms with E-state index in [1.807, 2.05) is 13.8 Å². The van der Waals surface area contributed by atoms with Crippen LogP contribution >= 0.6 is 0 Å². The fourth-order valence-electron chi connectivity index (χ4n) is 2.45. The van der Waals surface area contributed by atoms with Crippen molar-refractivity contribution in [1.82, 2.24) is 10.0 Å². The lowest BCUT2D eigenvalue weighted by Gasteiger charge is -2.18. The molecular weight excluding hydrogens is 400 g/mol. The number of benzene rings is 1. The summed E-state index contributed by atoms with van der Waals surface area (Å²) in [5, 5.41) is 2.47. The van der Waals surface area contributed by atoms with Gasteiger partial charge in [-0.05, 0) is 44.4 Å². The van der Waals surface area contributed by atoms with Crippen molar-refractivity contribution in [2.24, 2.45) is 5.92 Å². The summed E-state index contributed by atoms with van der Waals surface area (Å²) in [7, 11) is -2.56. The Morgan fingerprint density at radius 2 is 1.76 bits per heavy atom. The Balaban J connectivity index is 2.76. The molecule has 1 rings (SSSR count). The van der Waals surface area contributed by atoms with Crippen LogP contribution in [0.3, 0.4) is 0 Å². The quantitative estimate of drug-likeness (QED) is 0.537. The monoisotopic (exact) mass is 428 g/mol. The third kappa shape index (κ3) is 8.20. The lowest BCUT2D eigenvalue weighted by atomic mass is 10.0. The Kier molecular flexibility index (Phi) is 9.25. The largest absolute Gasteiger partial charge is 0.467 e. The van der Waals surface area contributed by atoms with Crippen molar-refractivity contribution < 1.29 is 32.3 Å². The first kappa shape index (κ1) is 24.6. The van der Waals surface area contributed by atoms with Gasteiger partial charge in [-0.3, -0.25) is 4.79 Å². The van der Waals surface area contributed by atoms with Crippen LogP contribution < -0.4 is 10.0 Å². The average Bonchev–Trinajstić information content (AvgIpc) is 2.63. The third-order valence-corrected chi connectivity index (χ3v) is 5.29. The molecule has 0 aromatic heterocycles. The Hall–Kier alpha value is -2.46. The SMILES string of the molecule is COC(=O)C(CC(C)C)NC(=O)COC(=O)c1cccc(S(=O)(=O)NC(C)C)c1. The smallest absolute Gasteiger partial charge is 0.338 e. The summed E-state index contributed by atoms with van der Waals surface area (Å²) in [5.74, 6) is -1.99. The molecule has 0 bridgehead atoms. The average molecular weight is 429 g/mol. The standard InChI is InChI=1S/C19H28N2O7S/c1-12(2)9-16(19(24)27-5)20-17(22)11-28-18(23)14-7-6-8-15(10-14)29(25,26)21-13(3)4/h6-8,10,12-13,16,21H,9,11H2,1-5H3,(H,20,22). The molecule has 9 nitrogen and oxygen atoms in total. The molecule has 0 fully saturated rings. The molecule has 29 heavy (non-hydrogen) atoms. The number of nitrogens with one attached hydrogen (secondary N) is 2. The highest BCUT2D eigenvalue weighted by atomic mass is 32.2. The van der Waals surface area contributed by atoms with Gasteiger partial charge in [0.15, 0.2) is 6.61 Å². The Labute approximate surface area is 171 Å². The number of sulfonamides is 1. The second-order valence-electron chi connectivity index (χ2n) is 7.15.